The number of carbonyl (C=O) groups excluding carboxylic acids is 1. The molecule has 2 N–H and O–H groups in total. The molecule has 0 unspecified atom stereocenters. The number of nitriles is 1. The van der Waals surface area contributed by atoms with Crippen LogP contribution in [0.2, 0.25) is 0 Å². The van der Waals surface area contributed by atoms with Gasteiger partial charge in [-0.1, -0.05) is 0 Å². The highest BCUT2D eigenvalue weighted by atomic mass is 16.5. The molecule has 0 radical (unpaired) electrons. The summed E-state index contributed by atoms with van der Waals surface area (Å²) < 4.78 is 4.62. The molecule has 0 aromatic carbocycles. The second kappa shape index (κ2) is 5.70. The minimum absolute atomic E-state index is 0.264. The molecule has 0 saturated heterocycles. The second-order valence-electron chi connectivity index (χ2n) is 3.42. The van der Waals surface area contributed by atoms with Crippen LogP contribution in [0.25, 0.3) is 0 Å². The molecular weight excluding hydrogens is 220 g/mol. The van der Waals surface area contributed by atoms with Gasteiger partial charge in [0.25, 0.3) is 0 Å². The Morgan fingerprint density at radius 1 is 1.71 bits per heavy atom. The third-order valence-electron chi connectivity index (χ3n) is 2.29. The number of carbonyl (C=O) groups is 1. The maximum atomic E-state index is 11.4. The zero-order chi connectivity index (χ0) is 12.8. The molecule has 0 spiro atoms. The number of rotatable bonds is 4. The van der Waals surface area contributed by atoms with Gasteiger partial charge in [-0.3, -0.25) is 0 Å². The van der Waals surface area contributed by atoms with Crippen LogP contribution in [0.15, 0.2) is 12.3 Å². The van der Waals surface area contributed by atoms with Crippen molar-refractivity contribution in [3.63, 3.8) is 0 Å². The average Bonchev–Trinajstić information content (AvgIpc) is 2.35. The monoisotopic (exact) mass is 234 g/mol. The number of nitrogens with two attached hydrogens (primary N) is 1. The number of hydrogen-bond donors (Lipinski definition) is 1. The Morgan fingerprint density at radius 2 is 2.41 bits per heavy atom. The number of ether oxygens (including phenoxy) is 1. The van der Waals surface area contributed by atoms with Gasteiger partial charge >= 0.3 is 5.97 Å². The zero-order valence-corrected chi connectivity index (χ0v) is 9.80. The minimum atomic E-state index is -0.500. The Kier molecular flexibility index (Phi) is 4.29. The van der Waals surface area contributed by atoms with Gasteiger partial charge in [-0.05, 0) is 6.07 Å². The number of nitrogen functional groups attached to an aromatic ring is 1. The molecule has 90 valence electrons. The number of hydrogen-bond acceptors (Lipinski definition) is 6. The molecule has 0 fully saturated rings. The fourth-order valence-electron chi connectivity index (χ4n) is 1.38. The first-order chi connectivity index (χ1) is 8.11. The van der Waals surface area contributed by atoms with Gasteiger partial charge in [0.1, 0.15) is 0 Å². The number of nitrogens with zero attached hydrogens (tertiary/aromatic N) is 3. The molecule has 0 bridgehead atoms. The molecular formula is C11H14N4O2. The van der Waals surface area contributed by atoms with Crippen LogP contribution in [-0.2, 0) is 4.74 Å². The summed E-state index contributed by atoms with van der Waals surface area (Å²) in [7, 11) is 3.05. The van der Waals surface area contributed by atoms with E-state index in [2.05, 4.69) is 9.72 Å². The van der Waals surface area contributed by atoms with E-state index in [-0.39, 0.29) is 11.3 Å². The summed E-state index contributed by atoms with van der Waals surface area (Å²) in [5.74, 6) is -0.0250. The van der Waals surface area contributed by atoms with Crippen molar-refractivity contribution in [1.29, 1.82) is 5.26 Å². The Hall–Kier alpha value is -2.29. The summed E-state index contributed by atoms with van der Waals surface area (Å²) in [5.41, 5.74) is 6.39. The summed E-state index contributed by atoms with van der Waals surface area (Å²) in [6.45, 7) is 0.498. The SMILES string of the molecule is COC(=O)c1ccnc(N(C)CCC#N)c1N. The van der Waals surface area contributed by atoms with Crippen LogP contribution in [0.1, 0.15) is 16.8 Å². The lowest BCUT2D eigenvalue weighted by Gasteiger charge is -2.19. The Morgan fingerprint density at radius 3 is 3.00 bits per heavy atom. The van der Waals surface area contributed by atoms with Crippen LogP contribution in [0.3, 0.4) is 0 Å². The van der Waals surface area contributed by atoms with Crippen molar-refractivity contribution in [2.75, 3.05) is 31.3 Å². The standard InChI is InChI=1S/C11H14N4O2/c1-15(7-3-5-12)10-9(13)8(4-6-14-10)11(16)17-2/h4,6H,3,7,13H2,1-2H3. The van der Waals surface area contributed by atoms with Gasteiger partial charge in [-0.2, -0.15) is 5.26 Å². The lowest BCUT2D eigenvalue weighted by atomic mass is 10.2. The Labute approximate surface area is 99.6 Å². The summed E-state index contributed by atoms with van der Waals surface area (Å²) in [4.78, 5) is 17.2. The molecule has 6 heteroatoms. The van der Waals surface area contributed by atoms with Crippen molar-refractivity contribution < 1.29 is 9.53 Å². The maximum absolute atomic E-state index is 11.4. The molecule has 1 aromatic rings. The Bertz CT molecular complexity index is 453. The zero-order valence-electron chi connectivity index (χ0n) is 9.80. The molecule has 17 heavy (non-hydrogen) atoms. The molecule has 1 aromatic heterocycles. The molecule has 0 aliphatic rings. The molecule has 0 amide bonds. The third kappa shape index (κ3) is 2.84. The smallest absolute Gasteiger partial charge is 0.340 e. The molecule has 1 heterocycles. The minimum Gasteiger partial charge on any atom is -0.465 e. The van der Waals surface area contributed by atoms with E-state index in [0.29, 0.717) is 18.8 Å². The molecule has 0 aliphatic heterocycles. The predicted octanol–water partition coefficient (Wildman–Crippen LogP) is 0.800. The van der Waals surface area contributed by atoms with Gasteiger partial charge < -0.3 is 15.4 Å². The average molecular weight is 234 g/mol. The summed E-state index contributed by atoms with van der Waals surface area (Å²) in [5, 5.41) is 8.51. The van der Waals surface area contributed by atoms with Gasteiger partial charge in [0.15, 0.2) is 5.82 Å². The van der Waals surface area contributed by atoms with Crippen LogP contribution in [0.5, 0.6) is 0 Å². The normalized spacial score (nSPS) is 9.47. The van der Waals surface area contributed by atoms with E-state index < -0.39 is 5.97 Å². The van der Waals surface area contributed by atoms with E-state index in [9.17, 15) is 4.79 Å². The summed E-state index contributed by atoms with van der Waals surface area (Å²) >= 11 is 0. The molecule has 6 nitrogen and oxygen atoms in total. The predicted molar refractivity (Wildman–Crippen MR) is 63.5 cm³/mol. The maximum Gasteiger partial charge on any atom is 0.340 e. The largest absolute Gasteiger partial charge is 0.465 e. The molecule has 1 rings (SSSR count). The van der Waals surface area contributed by atoms with E-state index in [1.54, 1.807) is 11.9 Å². The topological polar surface area (TPSA) is 92.2 Å². The number of aromatic nitrogens is 1. The molecule has 0 saturated carbocycles. The second-order valence-corrected chi connectivity index (χ2v) is 3.42. The third-order valence-corrected chi connectivity index (χ3v) is 2.29. The van der Waals surface area contributed by atoms with E-state index in [1.165, 1.54) is 19.4 Å². The highest BCUT2D eigenvalue weighted by Crippen LogP contribution is 2.23. The first-order valence-electron chi connectivity index (χ1n) is 5.02. The van der Waals surface area contributed by atoms with Crippen LogP contribution in [0, 0.1) is 11.3 Å². The van der Waals surface area contributed by atoms with E-state index in [1.807, 2.05) is 6.07 Å². The summed E-state index contributed by atoms with van der Waals surface area (Å²) in [6.07, 6.45) is 1.85. The van der Waals surface area contributed by atoms with Gasteiger partial charge in [0.2, 0.25) is 0 Å². The van der Waals surface area contributed by atoms with E-state index in [0.717, 1.165) is 0 Å². The van der Waals surface area contributed by atoms with Crippen molar-refractivity contribution in [3.05, 3.63) is 17.8 Å². The molecule has 0 aliphatic carbocycles. The number of methoxy groups -OCH3 is 1. The van der Waals surface area contributed by atoms with Crippen LogP contribution in [0.4, 0.5) is 11.5 Å². The van der Waals surface area contributed by atoms with Gasteiger partial charge in [0.05, 0.1) is 30.9 Å². The fraction of sp³-hybridized carbons (Fsp3) is 0.364. The summed E-state index contributed by atoms with van der Waals surface area (Å²) in [6, 6.07) is 3.54. The van der Waals surface area contributed by atoms with Crippen molar-refractivity contribution in [2.45, 2.75) is 6.42 Å². The Balaban J connectivity index is 3.02. The van der Waals surface area contributed by atoms with Gasteiger partial charge in [-0.15, -0.1) is 0 Å². The van der Waals surface area contributed by atoms with Gasteiger partial charge in [-0.25, -0.2) is 9.78 Å². The van der Waals surface area contributed by atoms with Crippen molar-refractivity contribution >= 4 is 17.5 Å². The highest BCUT2D eigenvalue weighted by molar-refractivity contribution is 5.97. The van der Waals surface area contributed by atoms with Crippen molar-refractivity contribution in [3.8, 4) is 6.07 Å². The van der Waals surface area contributed by atoms with Crippen molar-refractivity contribution in [2.24, 2.45) is 0 Å². The van der Waals surface area contributed by atoms with Crippen molar-refractivity contribution in [1.82, 2.24) is 4.98 Å². The van der Waals surface area contributed by atoms with Crippen LogP contribution >= 0.6 is 0 Å². The van der Waals surface area contributed by atoms with Gasteiger partial charge in [0, 0.05) is 19.8 Å². The molecule has 0 atom stereocenters. The first-order valence-corrected chi connectivity index (χ1v) is 5.02. The van der Waals surface area contributed by atoms with Crippen LogP contribution in [-0.4, -0.2) is 31.7 Å². The quantitative estimate of drug-likeness (QED) is 0.774. The first kappa shape index (κ1) is 12.8. The van der Waals surface area contributed by atoms with Crippen LogP contribution < -0.4 is 10.6 Å². The van der Waals surface area contributed by atoms with E-state index >= 15 is 0 Å². The number of anilines is 2. The lowest BCUT2D eigenvalue weighted by Crippen LogP contribution is -2.22. The fourth-order valence-corrected chi connectivity index (χ4v) is 1.38. The highest BCUT2D eigenvalue weighted by Gasteiger charge is 2.15. The lowest BCUT2D eigenvalue weighted by molar-refractivity contribution is 0.0602. The number of esters is 1. The number of pyridine rings is 1. The van der Waals surface area contributed by atoms with E-state index in [4.69, 9.17) is 11.0 Å².